The number of benzene rings is 1. The van der Waals surface area contributed by atoms with E-state index in [0.717, 1.165) is 4.90 Å². The van der Waals surface area contributed by atoms with Crippen molar-refractivity contribution in [2.75, 3.05) is 14.2 Å². The molecule has 1 N–H and O–H groups in total. The molecule has 0 aliphatic carbocycles. The van der Waals surface area contributed by atoms with Crippen LogP contribution in [0.15, 0.2) is 34.4 Å². The number of esters is 1. The lowest BCUT2D eigenvalue weighted by molar-refractivity contribution is -0.123. The van der Waals surface area contributed by atoms with E-state index < -0.39 is 23.5 Å². The summed E-state index contributed by atoms with van der Waals surface area (Å²) in [5.74, 6) is -0.215. The maximum absolute atomic E-state index is 12.8. The highest BCUT2D eigenvalue weighted by atomic mass is 35.5. The topological polar surface area (TPSA) is 107 Å². The van der Waals surface area contributed by atoms with Gasteiger partial charge in [-0.15, -0.1) is 0 Å². The van der Waals surface area contributed by atoms with Crippen LogP contribution >= 0.6 is 11.6 Å². The number of urea groups is 1. The number of carbonyl (C=O) groups excluding carboxylic acids is 3. The molecule has 3 amide bonds. The van der Waals surface area contributed by atoms with Gasteiger partial charge in [-0.3, -0.25) is 9.69 Å². The Morgan fingerprint density at radius 1 is 1.22 bits per heavy atom. The van der Waals surface area contributed by atoms with Gasteiger partial charge < -0.3 is 23.9 Å². The Hall–Kier alpha value is -3.46. The van der Waals surface area contributed by atoms with E-state index in [1.807, 2.05) is 20.8 Å². The second-order valence-corrected chi connectivity index (χ2v) is 8.29. The van der Waals surface area contributed by atoms with Crippen molar-refractivity contribution in [1.29, 1.82) is 0 Å². The van der Waals surface area contributed by atoms with Crippen molar-refractivity contribution in [2.24, 2.45) is 0 Å². The van der Waals surface area contributed by atoms with Gasteiger partial charge in [0.05, 0.1) is 25.8 Å². The molecule has 0 atom stereocenters. The molecule has 0 radical (unpaired) electrons. The first-order valence-electron chi connectivity index (χ1n) is 9.60. The van der Waals surface area contributed by atoms with Crippen LogP contribution in [0.25, 0.3) is 6.08 Å². The lowest BCUT2D eigenvalue weighted by Crippen LogP contribution is -2.30. The molecule has 1 aromatic carbocycles. The van der Waals surface area contributed by atoms with E-state index in [0.29, 0.717) is 22.1 Å². The van der Waals surface area contributed by atoms with Crippen LogP contribution in [0.4, 0.5) is 4.79 Å². The average Bonchev–Trinajstić information content (AvgIpc) is 3.29. The van der Waals surface area contributed by atoms with E-state index in [1.165, 1.54) is 32.4 Å². The number of halogens is 1. The van der Waals surface area contributed by atoms with E-state index in [1.54, 1.807) is 12.1 Å². The lowest BCUT2D eigenvalue weighted by atomic mass is 10.1. The number of carbonyl (C=O) groups is 3. The van der Waals surface area contributed by atoms with Crippen molar-refractivity contribution < 1.29 is 33.0 Å². The Morgan fingerprint density at radius 2 is 1.94 bits per heavy atom. The summed E-state index contributed by atoms with van der Waals surface area (Å²) in [6.07, 6.45) is 1.48. The number of nitrogens with zero attached hydrogens (tertiary/aromatic N) is 1. The Balaban J connectivity index is 1.83. The standard InChI is InChI=1S/C22H23ClN2O7/c1-22(2,3)32-18-14(23)8-12(10-17(18)29-4)9-15-19(26)25(21(28)24-15)11-13-6-7-16(31-13)20(27)30-5/h6-10H,11H2,1-5H3,(H,24,28). The predicted octanol–water partition coefficient (Wildman–Crippen LogP) is 4.00. The maximum atomic E-state index is 12.8. The summed E-state index contributed by atoms with van der Waals surface area (Å²) < 4.78 is 21.2. The number of hydrogen-bond donors (Lipinski definition) is 1. The largest absolute Gasteiger partial charge is 0.493 e. The molecule has 10 heteroatoms. The number of imide groups is 1. The molecule has 1 aliphatic rings. The zero-order chi connectivity index (χ0) is 23.6. The van der Waals surface area contributed by atoms with Gasteiger partial charge in [0.25, 0.3) is 5.91 Å². The molecule has 2 aromatic rings. The summed E-state index contributed by atoms with van der Waals surface area (Å²) in [4.78, 5) is 37.6. The fourth-order valence-corrected chi connectivity index (χ4v) is 3.20. The third-order valence-electron chi connectivity index (χ3n) is 4.30. The van der Waals surface area contributed by atoms with Gasteiger partial charge in [-0.25, -0.2) is 9.59 Å². The molecule has 9 nitrogen and oxygen atoms in total. The molecule has 0 saturated carbocycles. The van der Waals surface area contributed by atoms with Gasteiger partial charge in [-0.2, -0.15) is 0 Å². The SMILES string of the molecule is COC(=O)c1ccc(CN2C(=O)NC(=Cc3cc(Cl)c(OC(C)(C)C)c(OC)c3)C2=O)o1. The van der Waals surface area contributed by atoms with Gasteiger partial charge in [0.2, 0.25) is 5.76 Å². The summed E-state index contributed by atoms with van der Waals surface area (Å²) in [7, 11) is 2.70. The van der Waals surface area contributed by atoms with Gasteiger partial charge in [0.1, 0.15) is 17.1 Å². The lowest BCUT2D eigenvalue weighted by Gasteiger charge is -2.23. The number of amides is 3. The summed E-state index contributed by atoms with van der Waals surface area (Å²) in [6.45, 7) is 5.49. The molecule has 2 heterocycles. The molecule has 0 bridgehead atoms. The summed E-state index contributed by atoms with van der Waals surface area (Å²) in [6, 6.07) is 5.54. The second-order valence-electron chi connectivity index (χ2n) is 7.89. The van der Waals surface area contributed by atoms with Crippen LogP contribution in [0.1, 0.15) is 42.6 Å². The van der Waals surface area contributed by atoms with Gasteiger partial charge in [-0.05, 0) is 56.7 Å². The van der Waals surface area contributed by atoms with Crippen LogP contribution in [-0.4, -0.2) is 42.6 Å². The second kappa shape index (κ2) is 8.96. The quantitative estimate of drug-likeness (QED) is 0.392. The summed E-state index contributed by atoms with van der Waals surface area (Å²) >= 11 is 6.38. The first-order valence-corrected chi connectivity index (χ1v) is 9.98. The van der Waals surface area contributed by atoms with E-state index in [-0.39, 0.29) is 23.8 Å². The monoisotopic (exact) mass is 462 g/mol. The normalized spacial score (nSPS) is 15.2. The highest BCUT2D eigenvalue weighted by Gasteiger charge is 2.34. The average molecular weight is 463 g/mol. The van der Waals surface area contributed by atoms with E-state index in [9.17, 15) is 14.4 Å². The number of furan rings is 1. The van der Waals surface area contributed by atoms with Crippen molar-refractivity contribution in [3.05, 3.63) is 52.1 Å². The van der Waals surface area contributed by atoms with Crippen molar-refractivity contribution in [3.63, 3.8) is 0 Å². The van der Waals surface area contributed by atoms with Crippen LogP contribution in [0.3, 0.4) is 0 Å². The molecule has 1 fully saturated rings. The minimum Gasteiger partial charge on any atom is -0.493 e. The molecule has 3 rings (SSSR count). The molecule has 1 saturated heterocycles. The molecule has 170 valence electrons. The number of methoxy groups -OCH3 is 2. The fraction of sp³-hybridized carbons (Fsp3) is 0.318. The van der Waals surface area contributed by atoms with Gasteiger partial charge >= 0.3 is 12.0 Å². The molecule has 0 spiro atoms. The van der Waals surface area contributed by atoms with Gasteiger partial charge in [0.15, 0.2) is 11.5 Å². The zero-order valence-corrected chi connectivity index (χ0v) is 19.0. The third kappa shape index (κ3) is 5.05. The van der Waals surface area contributed by atoms with E-state index in [4.69, 9.17) is 25.5 Å². The van der Waals surface area contributed by atoms with Crippen molar-refractivity contribution in [2.45, 2.75) is 32.9 Å². The minimum atomic E-state index is -0.654. The molecule has 0 unspecified atom stereocenters. The zero-order valence-electron chi connectivity index (χ0n) is 18.3. The predicted molar refractivity (Wildman–Crippen MR) is 115 cm³/mol. The fourth-order valence-electron chi connectivity index (χ4n) is 2.94. The molecule has 1 aromatic heterocycles. The highest BCUT2D eigenvalue weighted by Crippen LogP contribution is 2.39. The summed E-state index contributed by atoms with van der Waals surface area (Å²) in [5.41, 5.74) is 0.0915. The van der Waals surface area contributed by atoms with Crippen LogP contribution in [-0.2, 0) is 16.1 Å². The third-order valence-corrected chi connectivity index (χ3v) is 4.58. The Bertz CT molecular complexity index is 1100. The van der Waals surface area contributed by atoms with E-state index in [2.05, 4.69) is 10.1 Å². The number of hydrogen-bond acceptors (Lipinski definition) is 7. The van der Waals surface area contributed by atoms with Crippen LogP contribution in [0, 0.1) is 0 Å². The number of nitrogens with one attached hydrogen (secondary N) is 1. The molecular formula is C22H23ClN2O7. The molecule has 1 aliphatic heterocycles. The maximum Gasteiger partial charge on any atom is 0.373 e. The summed E-state index contributed by atoms with van der Waals surface area (Å²) in [5, 5.41) is 2.82. The Labute approximate surface area is 189 Å². The van der Waals surface area contributed by atoms with Crippen molar-refractivity contribution >= 4 is 35.6 Å². The minimum absolute atomic E-state index is 0.0235. The van der Waals surface area contributed by atoms with Crippen LogP contribution < -0.4 is 14.8 Å². The smallest absolute Gasteiger partial charge is 0.373 e. The van der Waals surface area contributed by atoms with Crippen LogP contribution in [0.2, 0.25) is 5.02 Å². The van der Waals surface area contributed by atoms with Crippen molar-refractivity contribution in [3.8, 4) is 11.5 Å². The first-order chi connectivity index (χ1) is 15.0. The highest BCUT2D eigenvalue weighted by molar-refractivity contribution is 6.32. The number of ether oxygens (including phenoxy) is 3. The van der Waals surface area contributed by atoms with E-state index >= 15 is 0 Å². The first kappa shape index (κ1) is 23.2. The van der Waals surface area contributed by atoms with Gasteiger partial charge in [0, 0.05) is 0 Å². The van der Waals surface area contributed by atoms with Gasteiger partial charge in [-0.1, -0.05) is 11.6 Å². The van der Waals surface area contributed by atoms with Crippen LogP contribution in [0.5, 0.6) is 11.5 Å². The Morgan fingerprint density at radius 3 is 2.56 bits per heavy atom. The Kier molecular flexibility index (Phi) is 6.50. The van der Waals surface area contributed by atoms with Crippen molar-refractivity contribution in [1.82, 2.24) is 10.2 Å². The molecule has 32 heavy (non-hydrogen) atoms. The molecular weight excluding hydrogens is 440 g/mol. The number of rotatable bonds is 6.